The number of pyridine rings is 1. The van der Waals surface area contributed by atoms with E-state index in [2.05, 4.69) is 24.0 Å². The predicted octanol–water partition coefficient (Wildman–Crippen LogP) is 3.34. The van der Waals surface area contributed by atoms with Crippen molar-refractivity contribution >= 4 is 6.29 Å². The van der Waals surface area contributed by atoms with Gasteiger partial charge in [-0.15, -0.1) is 0 Å². The lowest BCUT2D eigenvalue weighted by atomic mass is 10.1. The summed E-state index contributed by atoms with van der Waals surface area (Å²) in [6.07, 6.45) is 1.75. The van der Waals surface area contributed by atoms with Crippen molar-refractivity contribution in [2.75, 3.05) is 0 Å². The zero-order valence-corrected chi connectivity index (χ0v) is 11.2. The molecule has 2 rings (SSSR count). The molecule has 1 heterocycles. The maximum absolute atomic E-state index is 10.9. The number of hydrogen-bond acceptors (Lipinski definition) is 3. The van der Waals surface area contributed by atoms with E-state index in [1.54, 1.807) is 6.07 Å². The molecule has 0 amide bonds. The smallest absolute Gasteiger partial charge is 0.172 e. The molecule has 19 heavy (non-hydrogen) atoms. The summed E-state index contributed by atoms with van der Waals surface area (Å²) in [7, 11) is 0. The minimum atomic E-state index is 0.352. The molecule has 98 valence electrons. The molecule has 0 saturated heterocycles. The standard InChI is InChI=1S/C16H17NO2/c1-3-13-5-7-14(8-6-13)11-19-16-9-4-12(2)17-15(16)10-18/h4-10H,3,11H2,1-2H3. The minimum absolute atomic E-state index is 0.352. The molecule has 0 unspecified atom stereocenters. The van der Waals surface area contributed by atoms with Crippen LogP contribution in [-0.2, 0) is 13.0 Å². The monoisotopic (exact) mass is 255 g/mol. The SMILES string of the molecule is CCc1ccc(COc2ccc(C)nc2C=O)cc1. The number of aromatic nitrogens is 1. The fraction of sp³-hybridized carbons (Fsp3) is 0.250. The van der Waals surface area contributed by atoms with E-state index in [4.69, 9.17) is 4.74 Å². The van der Waals surface area contributed by atoms with Crippen LogP contribution in [0.25, 0.3) is 0 Å². The van der Waals surface area contributed by atoms with Gasteiger partial charge in [-0.3, -0.25) is 4.79 Å². The van der Waals surface area contributed by atoms with E-state index in [0.717, 1.165) is 24.0 Å². The molecule has 0 saturated carbocycles. The summed E-state index contributed by atoms with van der Waals surface area (Å²) in [5, 5.41) is 0. The second kappa shape index (κ2) is 6.14. The molecule has 0 atom stereocenters. The van der Waals surface area contributed by atoms with Crippen molar-refractivity contribution in [1.29, 1.82) is 0 Å². The highest BCUT2D eigenvalue weighted by Gasteiger charge is 2.05. The fourth-order valence-corrected chi connectivity index (χ4v) is 1.80. The van der Waals surface area contributed by atoms with Gasteiger partial charge in [0.2, 0.25) is 0 Å². The zero-order valence-electron chi connectivity index (χ0n) is 11.2. The van der Waals surface area contributed by atoms with E-state index >= 15 is 0 Å². The number of carbonyl (C=O) groups is 1. The Balaban J connectivity index is 2.07. The Hall–Kier alpha value is -2.16. The summed E-state index contributed by atoms with van der Waals surface area (Å²) in [6.45, 7) is 4.41. The lowest BCUT2D eigenvalue weighted by Gasteiger charge is -2.08. The molecule has 0 N–H and O–H groups in total. The highest BCUT2D eigenvalue weighted by molar-refractivity contribution is 5.76. The van der Waals surface area contributed by atoms with Crippen LogP contribution in [0.15, 0.2) is 36.4 Å². The summed E-state index contributed by atoms with van der Waals surface area (Å²) in [5.74, 6) is 0.528. The fourth-order valence-electron chi connectivity index (χ4n) is 1.80. The number of rotatable bonds is 5. The number of hydrogen-bond donors (Lipinski definition) is 0. The van der Waals surface area contributed by atoms with Crippen molar-refractivity contribution in [3.8, 4) is 5.75 Å². The molecule has 0 aliphatic rings. The summed E-state index contributed by atoms with van der Waals surface area (Å²) >= 11 is 0. The van der Waals surface area contributed by atoms with E-state index in [9.17, 15) is 4.79 Å². The van der Waals surface area contributed by atoms with Crippen LogP contribution < -0.4 is 4.74 Å². The van der Waals surface area contributed by atoms with Crippen molar-refractivity contribution in [2.45, 2.75) is 26.9 Å². The maximum atomic E-state index is 10.9. The van der Waals surface area contributed by atoms with Crippen molar-refractivity contribution in [3.05, 3.63) is 58.9 Å². The molecule has 2 aromatic rings. The van der Waals surface area contributed by atoms with Crippen molar-refractivity contribution in [3.63, 3.8) is 0 Å². The summed E-state index contributed by atoms with van der Waals surface area (Å²) < 4.78 is 5.65. The highest BCUT2D eigenvalue weighted by Crippen LogP contribution is 2.17. The van der Waals surface area contributed by atoms with Gasteiger partial charge in [0.25, 0.3) is 0 Å². The van der Waals surface area contributed by atoms with Gasteiger partial charge in [0.15, 0.2) is 6.29 Å². The lowest BCUT2D eigenvalue weighted by Crippen LogP contribution is -2.01. The maximum Gasteiger partial charge on any atom is 0.172 e. The minimum Gasteiger partial charge on any atom is -0.487 e. The van der Waals surface area contributed by atoms with E-state index < -0.39 is 0 Å². The summed E-state index contributed by atoms with van der Waals surface area (Å²) in [4.78, 5) is 15.1. The Morgan fingerprint density at radius 1 is 1.11 bits per heavy atom. The molecular formula is C16H17NO2. The predicted molar refractivity (Wildman–Crippen MR) is 74.5 cm³/mol. The number of aldehydes is 1. The zero-order chi connectivity index (χ0) is 13.7. The van der Waals surface area contributed by atoms with Crippen LogP contribution in [0.2, 0.25) is 0 Å². The van der Waals surface area contributed by atoms with Crippen LogP contribution in [0, 0.1) is 6.92 Å². The highest BCUT2D eigenvalue weighted by atomic mass is 16.5. The van der Waals surface area contributed by atoms with Gasteiger partial charge in [-0.2, -0.15) is 0 Å². The van der Waals surface area contributed by atoms with Crippen LogP contribution >= 0.6 is 0 Å². The van der Waals surface area contributed by atoms with E-state index in [0.29, 0.717) is 18.1 Å². The van der Waals surface area contributed by atoms with Gasteiger partial charge in [0.05, 0.1) is 0 Å². The Labute approximate surface area is 113 Å². The lowest BCUT2D eigenvalue weighted by molar-refractivity contribution is 0.111. The second-order valence-corrected chi connectivity index (χ2v) is 4.41. The van der Waals surface area contributed by atoms with Crippen molar-refractivity contribution in [2.24, 2.45) is 0 Å². The van der Waals surface area contributed by atoms with Gasteiger partial charge in [0.1, 0.15) is 18.1 Å². The molecule has 3 nitrogen and oxygen atoms in total. The van der Waals surface area contributed by atoms with Gasteiger partial charge in [-0.1, -0.05) is 31.2 Å². The Kier molecular flexibility index (Phi) is 4.29. The molecule has 0 bridgehead atoms. The van der Waals surface area contributed by atoms with Crippen LogP contribution in [-0.4, -0.2) is 11.3 Å². The molecule has 3 heteroatoms. The average Bonchev–Trinajstić information content (AvgIpc) is 2.46. The molecule has 0 fully saturated rings. The van der Waals surface area contributed by atoms with Gasteiger partial charge < -0.3 is 4.74 Å². The Morgan fingerprint density at radius 2 is 1.79 bits per heavy atom. The molecule has 1 aromatic carbocycles. The first kappa shape index (κ1) is 13.3. The Bertz CT molecular complexity index is 561. The van der Waals surface area contributed by atoms with Crippen LogP contribution in [0.4, 0.5) is 0 Å². The number of carbonyl (C=O) groups excluding carboxylic acids is 1. The van der Waals surface area contributed by atoms with Gasteiger partial charge >= 0.3 is 0 Å². The van der Waals surface area contributed by atoms with Crippen LogP contribution in [0.1, 0.15) is 34.2 Å². The first-order chi connectivity index (χ1) is 9.22. The number of aryl methyl sites for hydroxylation is 2. The van der Waals surface area contributed by atoms with Gasteiger partial charge in [-0.05, 0) is 36.6 Å². The first-order valence-corrected chi connectivity index (χ1v) is 6.36. The second-order valence-electron chi connectivity index (χ2n) is 4.41. The normalized spacial score (nSPS) is 10.2. The molecular weight excluding hydrogens is 238 g/mol. The largest absolute Gasteiger partial charge is 0.487 e. The number of ether oxygens (including phenoxy) is 1. The molecule has 0 radical (unpaired) electrons. The molecule has 1 aromatic heterocycles. The quantitative estimate of drug-likeness (QED) is 0.769. The van der Waals surface area contributed by atoms with Crippen molar-refractivity contribution in [1.82, 2.24) is 4.98 Å². The third kappa shape index (κ3) is 3.41. The van der Waals surface area contributed by atoms with E-state index in [1.165, 1.54) is 5.56 Å². The molecule has 0 spiro atoms. The molecule has 0 aliphatic heterocycles. The third-order valence-electron chi connectivity index (χ3n) is 2.96. The number of benzene rings is 1. The van der Waals surface area contributed by atoms with Crippen LogP contribution in [0.5, 0.6) is 5.75 Å². The third-order valence-corrected chi connectivity index (χ3v) is 2.96. The van der Waals surface area contributed by atoms with Crippen LogP contribution in [0.3, 0.4) is 0 Å². The summed E-state index contributed by atoms with van der Waals surface area (Å²) in [5.41, 5.74) is 3.54. The Morgan fingerprint density at radius 3 is 2.42 bits per heavy atom. The average molecular weight is 255 g/mol. The van der Waals surface area contributed by atoms with E-state index in [-0.39, 0.29) is 0 Å². The van der Waals surface area contributed by atoms with Gasteiger partial charge in [-0.25, -0.2) is 4.98 Å². The van der Waals surface area contributed by atoms with Gasteiger partial charge in [0, 0.05) is 5.69 Å². The summed E-state index contributed by atoms with van der Waals surface area (Å²) in [6, 6.07) is 11.9. The topological polar surface area (TPSA) is 39.2 Å². The first-order valence-electron chi connectivity index (χ1n) is 6.36. The van der Waals surface area contributed by atoms with E-state index in [1.807, 2.05) is 25.1 Å². The van der Waals surface area contributed by atoms with Crippen molar-refractivity contribution < 1.29 is 9.53 Å². The number of nitrogens with zero attached hydrogens (tertiary/aromatic N) is 1. The molecule has 0 aliphatic carbocycles.